The summed E-state index contributed by atoms with van der Waals surface area (Å²) in [6, 6.07) is 13.5. The Morgan fingerprint density at radius 1 is 1.14 bits per heavy atom. The predicted molar refractivity (Wildman–Crippen MR) is 122 cm³/mol. The highest BCUT2D eigenvalue weighted by molar-refractivity contribution is 6.07. The van der Waals surface area contributed by atoms with Crippen molar-refractivity contribution in [2.24, 2.45) is 5.92 Å². The molecule has 1 aliphatic rings. The molecule has 1 saturated heterocycles. The molecule has 0 radical (unpaired) electrons. The van der Waals surface area contributed by atoms with Crippen molar-refractivity contribution in [3.63, 3.8) is 0 Å². The van der Waals surface area contributed by atoms with E-state index < -0.39 is 0 Å². The first-order valence-electron chi connectivity index (χ1n) is 9.60. The number of hydrogen-bond acceptors (Lipinski definition) is 4. The van der Waals surface area contributed by atoms with E-state index in [0.29, 0.717) is 18.0 Å². The van der Waals surface area contributed by atoms with Gasteiger partial charge in [-0.15, -0.1) is 24.8 Å². The molecule has 7 heteroatoms. The molecule has 3 aromatic rings. The van der Waals surface area contributed by atoms with Crippen molar-refractivity contribution < 1.29 is 4.79 Å². The lowest BCUT2D eigenvalue weighted by molar-refractivity contribution is 0.0952. The number of piperidine rings is 1. The summed E-state index contributed by atoms with van der Waals surface area (Å²) in [7, 11) is 0. The van der Waals surface area contributed by atoms with Crippen LogP contribution in [0.25, 0.3) is 22.2 Å². The van der Waals surface area contributed by atoms with Crippen LogP contribution >= 0.6 is 24.8 Å². The number of fused-ring (bicyclic) bond motifs is 1. The van der Waals surface area contributed by atoms with Crippen LogP contribution in [0.3, 0.4) is 0 Å². The number of aromatic nitrogens is 2. The van der Waals surface area contributed by atoms with Crippen molar-refractivity contribution >= 4 is 41.6 Å². The summed E-state index contributed by atoms with van der Waals surface area (Å²) < 4.78 is 0. The minimum Gasteiger partial charge on any atom is -0.352 e. The van der Waals surface area contributed by atoms with E-state index in [9.17, 15) is 4.79 Å². The lowest BCUT2D eigenvalue weighted by atomic mass is 9.96. The first-order chi connectivity index (χ1) is 13.3. The summed E-state index contributed by atoms with van der Waals surface area (Å²) in [6.07, 6.45) is 6.96. The van der Waals surface area contributed by atoms with Crippen molar-refractivity contribution in [3.8, 4) is 11.3 Å². The van der Waals surface area contributed by atoms with Crippen LogP contribution in [0, 0.1) is 5.92 Å². The molecule has 1 atom stereocenters. The van der Waals surface area contributed by atoms with Gasteiger partial charge < -0.3 is 10.6 Å². The average molecular weight is 433 g/mol. The smallest absolute Gasteiger partial charge is 0.252 e. The molecule has 1 unspecified atom stereocenters. The number of carbonyl (C=O) groups is 1. The van der Waals surface area contributed by atoms with Crippen LogP contribution in [0.15, 0.2) is 54.9 Å². The summed E-state index contributed by atoms with van der Waals surface area (Å²) in [4.78, 5) is 21.7. The highest BCUT2D eigenvalue weighted by Crippen LogP contribution is 2.24. The summed E-state index contributed by atoms with van der Waals surface area (Å²) in [5.41, 5.74) is 3.25. The maximum atomic E-state index is 12.9. The second kappa shape index (κ2) is 11.1. The molecule has 0 spiro atoms. The van der Waals surface area contributed by atoms with E-state index in [-0.39, 0.29) is 30.7 Å². The Kier molecular flexibility index (Phi) is 8.83. The zero-order valence-electron chi connectivity index (χ0n) is 16.1. The Morgan fingerprint density at radius 2 is 1.93 bits per heavy atom. The van der Waals surface area contributed by atoms with E-state index in [1.54, 1.807) is 12.4 Å². The number of hydrogen-bond donors (Lipinski definition) is 2. The van der Waals surface area contributed by atoms with Crippen LogP contribution in [0.4, 0.5) is 0 Å². The molecular formula is C22H26Cl2N4O. The molecular weight excluding hydrogens is 407 g/mol. The molecule has 2 N–H and O–H groups in total. The Hall–Kier alpha value is -2.21. The quantitative estimate of drug-likeness (QED) is 0.631. The zero-order chi connectivity index (χ0) is 18.5. The Morgan fingerprint density at radius 3 is 2.69 bits per heavy atom. The van der Waals surface area contributed by atoms with Gasteiger partial charge in [-0.05, 0) is 62.5 Å². The van der Waals surface area contributed by atoms with Crippen LogP contribution in [-0.4, -0.2) is 35.5 Å². The number of amides is 1. The van der Waals surface area contributed by atoms with Gasteiger partial charge in [0.1, 0.15) is 0 Å². The summed E-state index contributed by atoms with van der Waals surface area (Å²) >= 11 is 0. The molecule has 1 amide bonds. The van der Waals surface area contributed by atoms with Gasteiger partial charge in [0.25, 0.3) is 5.91 Å². The average Bonchev–Trinajstić information content (AvgIpc) is 2.74. The van der Waals surface area contributed by atoms with Crippen molar-refractivity contribution in [2.45, 2.75) is 19.3 Å². The van der Waals surface area contributed by atoms with Crippen molar-refractivity contribution in [3.05, 3.63) is 60.4 Å². The fraction of sp³-hybridized carbons (Fsp3) is 0.318. The minimum absolute atomic E-state index is 0. The molecule has 0 bridgehead atoms. The number of nitrogens with zero attached hydrogens (tertiary/aromatic N) is 2. The van der Waals surface area contributed by atoms with Gasteiger partial charge in [-0.1, -0.05) is 18.2 Å². The molecule has 154 valence electrons. The lowest BCUT2D eigenvalue weighted by Crippen LogP contribution is -2.33. The van der Waals surface area contributed by atoms with Gasteiger partial charge in [-0.25, -0.2) is 4.98 Å². The van der Waals surface area contributed by atoms with Gasteiger partial charge in [0, 0.05) is 29.9 Å². The number of benzene rings is 1. The van der Waals surface area contributed by atoms with Crippen molar-refractivity contribution in [1.29, 1.82) is 0 Å². The van der Waals surface area contributed by atoms with Crippen LogP contribution in [0.5, 0.6) is 0 Å². The Balaban J connectivity index is 0.00000150. The molecule has 1 fully saturated rings. The normalized spacial score (nSPS) is 15.8. The van der Waals surface area contributed by atoms with E-state index >= 15 is 0 Å². The molecule has 1 aliphatic heterocycles. The van der Waals surface area contributed by atoms with Gasteiger partial charge in [-0.3, -0.25) is 9.78 Å². The van der Waals surface area contributed by atoms with E-state index in [1.807, 2.05) is 42.5 Å². The Labute approximate surface area is 183 Å². The highest BCUT2D eigenvalue weighted by atomic mass is 35.5. The molecule has 0 saturated carbocycles. The predicted octanol–water partition coefficient (Wildman–Crippen LogP) is 4.26. The lowest BCUT2D eigenvalue weighted by Gasteiger charge is -2.22. The van der Waals surface area contributed by atoms with E-state index in [2.05, 4.69) is 15.6 Å². The summed E-state index contributed by atoms with van der Waals surface area (Å²) in [6.45, 7) is 2.87. The SMILES string of the molecule is Cl.Cl.O=C(NCCC1CCCNC1)c1cc(-c2ccncc2)nc2ccccc12. The third-order valence-electron chi connectivity index (χ3n) is 5.17. The largest absolute Gasteiger partial charge is 0.352 e. The first kappa shape index (κ1) is 23.1. The van der Waals surface area contributed by atoms with E-state index in [1.165, 1.54) is 12.8 Å². The molecule has 4 rings (SSSR count). The fourth-order valence-corrected chi connectivity index (χ4v) is 3.69. The molecule has 0 aliphatic carbocycles. The summed E-state index contributed by atoms with van der Waals surface area (Å²) in [5, 5.41) is 7.42. The van der Waals surface area contributed by atoms with Gasteiger partial charge in [-0.2, -0.15) is 0 Å². The molecule has 1 aromatic carbocycles. The number of rotatable bonds is 5. The number of para-hydroxylation sites is 1. The van der Waals surface area contributed by atoms with Crippen LogP contribution in [0.1, 0.15) is 29.6 Å². The third kappa shape index (κ3) is 5.66. The topological polar surface area (TPSA) is 66.9 Å². The van der Waals surface area contributed by atoms with Gasteiger partial charge in [0.15, 0.2) is 0 Å². The van der Waals surface area contributed by atoms with E-state index in [4.69, 9.17) is 4.98 Å². The number of halogens is 2. The maximum Gasteiger partial charge on any atom is 0.252 e. The molecule has 5 nitrogen and oxygen atoms in total. The van der Waals surface area contributed by atoms with Crippen LogP contribution < -0.4 is 10.6 Å². The maximum absolute atomic E-state index is 12.9. The summed E-state index contributed by atoms with van der Waals surface area (Å²) in [5.74, 6) is 0.619. The molecule has 2 aromatic heterocycles. The standard InChI is InChI=1S/C22H24N4O.2ClH/c27-22(25-13-7-16-4-3-10-24-15-16)19-14-21(17-8-11-23-12-9-17)26-20-6-2-1-5-18(19)20;;/h1-2,5-6,8-9,11-12,14,16,24H,3-4,7,10,13,15H2,(H,25,27);2*1H. The van der Waals surface area contributed by atoms with Crippen LogP contribution in [-0.2, 0) is 0 Å². The second-order valence-corrected chi connectivity index (χ2v) is 7.07. The molecule has 3 heterocycles. The van der Waals surface area contributed by atoms with Gasteiger partial charge in [0.05, 0.1) is 16.8 Å². The van der Waals surface area contributed by atoms with Crippen LogP contribution in [0.2, 0.25) is 0 Å². The van der Waals surface area contributed by atoms with Gasteiger partial charge in [0.2, 0.25) is 0 Å². The highest BCUT2D eigenvalue weighted by Gasteiger charge is 2.16. The van der Waals surface area contributed by atoms with Gasteiger partial charge >= 0.3 is 0 Å². The second-order valence-electron chi connectivity index (χ2n) is 7.07. The fourth-order valence-electron chi connectivity index (χ4n) is 3.69. The van der Waals surface area contributed by atoms with Crippen molar-refractivity contribution in [1.82, 2.24) is 20.6 Å². The third-order valence-corrected chi connectivity index (χ3v) is 5.17. The minimum atomic E-state index is -0.0346. The Bertz CT molecular complexity index is 931. The number of pyridine rings is 2. The first-order valence-corrected chi connectivity index (χ1v) is 9.60. The van der Waals surface area contributed by atoms with E-state index in [0.717, 1.165) is 41.7 Å². The van der Waals surface area contributed by atoms with Crippen molar-refractivity contribution in [2.75, 3.05) is 19.6 Å². The number of carbonyl (C=O) groups excluding carboxylic acids is 1. The zero-order valence-corrected chi connectivity index (χ0v) is 17.8. The number of nitrogens with one attached hydrogen (secondary N) is 2. The molecule has 29 heavy (non-hydrogen) atoms. The monoisotopic (exact) mass is 432 g/mol.